The van der Waals surface area contributed by atoms with Crippen LogP contribution in [0, 0.1) is 6.07 Å². The molecular weight excluding hydrogens is 252 g/mol. The molecule has 0 heterocycles. The van der Waals surface area contributed by atoms with Gasteiger partial charge >= 0.3 is 0 Å². The second kappa shape index (κ2) is 13.4. The van der Waals surface area contributed by atoms with Crippen LogP contribution in [0.5, 0.6) is 0 Å². The maximum absolute atomic E-state index is 3.70. The lowest BCUT2D eigenvalue weighted by Crippen LogP contribution is -1.85. The largest absolute Gasteiger partial charge is 0.103 e. The van der Waals surface area contributed by atoms with E-state index in [2.05, 4.69) is 55.1 Å². The van der Waals surface area contributed by atoms with Crippen LogP contribution in [0.2, 0.25) is 0 Å². The smallest absolute Gasteiger partial charge is 0.0169 e. The summed E-state index contributed by atoms with van der Waals surface area (Å²) in [5, 5.41) is 0. The normalized spacial score (nSPS) is 11.4. The Kier molecular flexibility index (Phi) is 11.2. The fourth-order valence-electron chi connectivity index (χ4n) is 2.29. The molecule has 0 unspecified atom stereocenters. The summed E-state index contributed by atoms with van der Waals surface area (Å²) in [5.74, 6) is 0. The van der Waals surface area contributed by atoms with Crippen LogP contribution in [0.25, 0.3) is 0 Å². The van der Waals surface area contributed by atoms with Crippen LogP contribution in [0.15, 0.2) is 61.2 Å². The Bertz CT molecular complexity index is 397. The minimum Gasteiger partial charge on any atom is -0.103 e. The van der Waals surface area contributed by atoms with E-state index in [1.807, 2.05) is 12.1 Å². The highest BCUT2D eigenvalue weighted by Gasteiger charge is 1.93. The first-order valence-corrected chi connectivity index (χ1v) is 8.29. The van der Waals surface area contributed by atoms with E-state index in [0.29, 0.717) is 0 Å². The van der Waals surface area contributed by atoms with E-state index in [4.69, 9.17) is 0 Å². The van der Waals surface area contributed by atoms with Gasteiger partial charge in [-0.2, -0.15) is 0 Å². The molecule has 0 aliphatic rings. The second-order valence-corrected chi connectivity index (χ2v) is 5.42. The number of benzene rings is 1. The minimum atomic E-state index is 0.981. The van der Waals surface area contributed by atoms with E-state index >= 15 is 0 Å². The molecule has 0 aromatic heterocycles. The van der Waals surface area contributed by atoms with Crippen molar-refractivity contribution < 1.29 is 0 Å². The molecule has 0 atom stereocenters. The average Bonchev–Trinajstić information content (AvgIpc) is 2.53. The number of hydrogen-bond acceptors (Lipinski definition) is 0. The van der Waals surface area contributed by atoms with Crippen LogP contribution in [-0.4, -0.2) is 0 Å². The average molecular weight is 281 g/mol. The molecule has 0 nitrogen and oxygen atoms in total. The van der Waals surface area contributed by atoms with Crippen LogP contribution in [-0.2, 0) is 6.42 Å². The Hall–Kier alpha value is -1.56. The van der Waals surface area contributed by atoms with E-state index in [0.717, 1.165) is 12.8 Å². The highest BCUT2D eigenvalue weighted by Crippen LogP contribution is 2.10. The van der Waals surface area contributed by atoms with Crippen molar-refractivity contribution in [3.05, 3.63) is 72.9 Å². The van der Waals surface area contributed by atoms with E-state index < -0.39 is 0 Å². The molecule has 21 heavy (non-hydrogen) atoms. The zero-order chi connectivity index (χ0) is 15.0. The van der Waals surface area contributed by atoms with Gasteiger partial charge < -0.3 is 0 Å². The van der Waals surface area contributed by atoms with Crippen molar-refractivity contribution in [2.24, 2.45) is 0 Å². The van der Waals surface area contributed by atoms with Gasteiger partial charge in [-0.15, -0.1) is 6.58 Å². The van der Waals surface area contributed by atoms with Crippen molar-refractivity contribution in [1.82, 2.24) is 0 Å². The molecule has 0 saturated carbocycles. The van der Waals surface area contributed by atoms with Gasteiger partial charge in [0.25, 0.3) is 0 Å². The molecule has 1 radical (unpaired) electrons. The second-order valence-electron chi connectivity index (χ2n) is 5.42. The fraction of sp³-hybridized carbons (Fsp3) is 0.429. The summed E-state index contributed by atoms with van der Waals surface area (Å²) in [5.41, 5.74) is 1.42. The monoisotopic (exact) mass is 281 g/mol. The molecule has 1 rings (SSSR count). The predicted octanol–water partition coefficient (Wildman–Crippen LogP) is 6.45. The molecule has 0 N–H and O–H groups in total. The van der Waals surface area contributed by atoms with E-state index in [1.54, 1.807) is 0 Å². The first-order chi connectivity index (χ1) is 10.4. The Balaban J connectivity index is 1.86. The van der Waals surface area contributed by atoms with Gasteiger partial charge in [0.15, 0.2) is 0 Å². The Labute approximate surface area is 131 Å². The van der Waals surface area contributed by atoms with Gasteiger partial charge in [0.05, 0.1) is 0 Å². The lowest BCUT2D eigenvalue weighted by molar-refractivity contribution is 0.617. The molecule has 0 fully saturated rings. The first-order valence-electron chi connectivity index (χ1n) is 8.29. The van der Waals surface area contributed by atoms with E-state index in [9.17, 15) is 0 Å². The summed E-state index contributed by atoms with van der Waals surface area (Å²) in [6, 6.07) is 11.5. The summed E-state index contributed by atoms with van der Waals surface area (Å²) in [6.45, 7) is 3.70. The zero-order valence-electron chi connectivity index (χ0n) is 13.3. The summed E-state index contributed by atoms with van der Waals surface area (Å²) < 4.78 is 0. The van der Waals surface area contributed by atoms with Crippen molar-refractivity contribution in [3.8, 4) is 0 Å². The van der Waals surface area contributed by atoms with Crippen molar-refractivity contribution in [2.75, 3.05) is 0 Å². The number of rotatable bonds is 12. The van der Waals surface area contributed by atoms with Gasteiger partial charge in [0.2, 0.25) is 0 Å². The lowest BCUT2D eigenvalue weighted by Gasteiger charge is -2.01. The standard InChI is InChI=1S/C21H29/c1-2-3-4-5-6-7-8-9-10-11-12-13-15-18-21-19-16-14-17-20-21/h2,4-5,7-8,14,16,19-20H,1,3,6,9-13,15,18H2. The van der Waals surface area contributed by atoms with Gasteiger partial charge in [0, 0.05) is 0 Å². The van der Waals surface area contributed by atoms with Gasteiger partial charge in [-0.1, -0.05) is 73.9 Å². The summed E-state index contributed by atoms with van der Waals surface area (Å²) in [7, 11) is 0. The molecule has 0 aliphatic carbocycles. The predicted molar refractivity (Wildman–Crippen MR) is 94.4 cm³/mol. The third kappa shape index (κ3) is 10.8. The molecule has 0 saturated heterocycles. The Morgan fingerprint density at radius 3 is 2.48 bits per heavy atom. The van der Waals surface area contributed by atoms with Gasteiger partial charge in [-0.05, 0) is 50.2 Å². The van der Waals surface area contributed by atoms with Crippen LogP contribution >= 0.6 is 0 Å². The minimum absolute atomic E-state index is 0.981. The van der Waals surface area contributed by atoms with Crippen LogP contribution in [0.3, 0.4) is 0 Å². The highest BCUT2D eigenvalue weighted by molar-refractivity contribution is 5.13. The molecule has 0 aliphatic heterocycles. The topological polar surface area (TPSA) is 0 Å². The molecule has 0 heteroatoms. The van der Waals surface area contributed by atoms with Crippen molar-refractivity contribution in [3.63, 3.8) is 0 Å². The molecule has 113 valence electrons. The van der Waals surface area contributed by atoms with Gasteiger partial charge in [-0.25, -0.2) is 0 Å². The van der Waals surface area contributed by atoms with Gasteiger partial charge in [0.1, 0.15) is 0 Å². The molecule has 1 aromatic carbocycles. The van der Waals surface area contributed by atoms with Gasteiger partial charge in [-0.3, -0.25) is 0 Å². The molecule has 0 spiro atoms. The number of hydrogen-bond donors (Lipinski definition) is 0. The van der Waals surface area contributed by atoms with Crippen LogP contribution < -0.4 is 0 Å². The van der Waals surface area contributed by atoms with Crippen molar-refractivity contribution in [2.45, 2.75) is 57.8 Å². The third-order valence-electron chi connectivity index (χ3n) is 3.52. The number of unbranched alkanes of at least 4 members (excludes halogenated alkanes) is 5. The van der Waals surface area contributed by atoms with Crippen LogP contribution in [0.1, 0.15) is 56.9 Å². The van der Waals surface area contributed by atoms with Crippen molar-refractivity contribution in [1.29, 1.82) is 0 Å². The number of allylic oxidation sites excluding steroid dienone is 5. The lowest BCUT2D eigenvalue weighted by atomic mass is 10.0. The summed E-state index contributed by atoms with van der Waals surface area (Å²) in [4.78, 5) is 0. The molecule has 1 aromatic rings. The Morgan fingerprint density at radius 2 is 1.67 bits per heavy atom. The van der Waals surface area contributed by atoms with Crippen molar-refractivity contribution >= 4 is 0 Å². The van der Waals surface area contributed by atoms with E-state index in [-0.39, 0.29) is 0 Å². The maximum Gasteiger partial charge on any atom is -0.0169 e. The SMILES string of the molecule is C=CCC=CCC=CCCCCCCCc1c[c]ccc1. The summed E-state index contributed by atoms with van der Waals surface area (Å²) in [6.07, 6.45) is 22.1. The summed E-state index contributed by atoms with van der Waals surface area (Å²) >= 11 is 0. The number of aryl methyl sites for hydroxylation is 1. The molecule has 0 amide bonds. The van der Waals surface area contributed by atoms with Crippen LogP contribution in [0.4, 0.5) is 0 Å². The first kappa shape index (κ1) is 17.5. The third-order valence-corrected chi connectivity index (χ3v) is 3.52. The molecule has 0 bridgehead atoms. The quantitative estimate of drug-likeness (QED) is 0.305. The fourth-order valence-corrected chi connectivity index (χ4v) is 2.29. The molecular formula is C21H29. The zero-order valence-corrected chi connectivity index (χ0v) is 13.3. The maximum atomic E-state index is 3.70. The Morgan fingerprint density at radius 1 is 0.905 bits per heavy atom. The van der Waals surface area contributed by atoms with E-state index in [1.165, 1.54) is 50.5 Å². The highest BCUT2D eigenvalue weighted by atomic mass is 14.0.